The number of aromatic nitrogens is 4. The summed E-state index contributed by atoms with van der Waals surface area (Å²) in [4.78, 5) is 12.3. The highest BCUT2D eigenvalue weighted by molar-refractivity contribution is 7.33. The first-order valence-corrected chi connectivity index (χ1v) is 16.6. The maximum Gasteiger partial charge on any atom is 0.699 e. The summed E-state index contributed by atoms with van der Waals surface area (Å²) in [6, 6.07) is 0. The monoisotopic (exact) mass is 619 g/mol. The summed E-state index contributed by atoms with van der Waals surface area (Å²) in [7, 11) is -2.45. The molecule has 5 N–H and O–H groups in total. The molecule has 0 fully saturated rings. The van der Waals surface area contributed by atoms with Gasteiger partial charge in [0.25, 0.3) is 0 Å². The third-order valence-corrected chi connectivity index (χ3v) is 7.88. The van der Waals surface area contributed by atoms with Gasteiger partial charge in [0, 0.05) is 17.4 Å². The van der Waals surface area contributed by atoms with Crippen LogP contribution in [-0.2, 0) is 24.9 Å². The van der Waals surface area contributed by atoms with Gasteiger partial charge in [-0.3, -0.25) is 0 Å². The standard InChI is InChI=1S/C29H51F2N5O4P.H3N/c1-3-4-5-6-7-8-9-10-11-12-13-14-15-16-18-29(30,31)19-17-20-39-41(37)40-24-38-25(2)21-36-23-35-26-27(32)33-22-34-28(26)36;/h22-23,25H,3-21,24H2,1-2H3,(H2,32,33,34);1H3/q+1;/t25-;/m1./s1. The Kier molecular flexibility index (Phi) is 20.6. The summed E-state index contributed by atoms with van der Waals surface area (Å²) in [5.74, 6) is -2.43. The number of imidazole rings is 1. The van der Waals surface area contributed by atoms with Crippen LogP contribution in [0.15, 0.2) is 12.7 Å². The van der Waals surface area contributed by atoms with Crippen LogP contribution in [0.1, 0.15) is 123 Å². The summed E-state index contributed by atoms with van der Waals surface area (Å²) < 4.78 is 57.6. The molecule has 10 nitrogen and oxygen atoms in total. The number of ether oxygens (including phenoxy) is 1. The molecule has 2 aromatic rings. The smallest absolute Gasteiger partial charge is 0.382 e. The van der Waals surface area contributed by atoms with E-state index in [1.165, 1.54) is 70.5 Å². The van der Waals surface area contributed by atoms with Gasteiger partial charge in [0.05, 0.1) is 19.0 Å². The Morgan fingerprint density at radius 2 is 1.45 bits per heavy atom. The molecule has 2 rings (SSSR count). The van der Waals surface area contributed by atoms with Crippen LogP contribution < -0.4 is 11.9 Å². The average Bonchev–Trinajstić information content (AvgIpc) is 3.35. The second-order valence-corrected chi connectivity index (χ2v) is 11.9. The number of hydrogen-bond acceptors (Lipinski definition) is 9. The molecule has 2 atom stereocenters. The molecular weight excluding hydrogens is 565 g/mol. The van der Waals surface area contributed by atoms with E-state index in [0.717, 1.165) is 19.3 Å². The zero-order valence-corrected chi connectivity index (χ0v) is 26.7. The number of halogens is 2. The number of nitrogen functional groups attached to an aromatic ring is 1. The quantitative estimate of drug-likeness (QED) is 0.0597. The summed E-state index contributed by atoms with van der Waals surface area (Å²) in [5.41, 5.74) is 6.89. The van der Waals surface area contributed by atoms with Crippen molar-refractivity contribution >= 4 is 25.2 Å². The molecule has 42 heavy (non-hydrogen) atoms. The second kappa shape index (κ2) is 22.7. The number of fused-ring (bicyclic) bond motifs is 1. The number of alkyl halides is 2. The van der Waals surface area contributed by atoms with Gasteiger partial charge < -0.3 is 21.2 Å². The van der Waals surface area contributed by atoms with Gasteiger partial charge in [-0.2, -0.15) is 0 Å². The number of nitrogens with two attached hydrogens (primary N) is 1. The fourth-order valence-electron chi connectivity index (χ4n) is 4.76. The van der Waals surface area contributed by atoms with Crippen molar-refractivity contribution in [2.75, 3.05) is 19.1 Å². The maximum atomic E-state index is 14.2. The molecule has 0 aliphatic rings. The van der Waals surface area contributed by atoms with E-state index in [-0.39, 0.29) is 44.9 Å². The summed E-state index contributed by atoms with van der Waals surface area (Å²) in [6.45, 7) is 4.17. The van der Waals surface area contributed by atoms with Gasteiger partial charge >= 0.3 is 8.25 Å². The van der Waals surface area contributed by atoms with Crippen molar-refractivity contribution in [3.63, 3.8) is 0 Å². The Labute approximate surface area is 251 Å². The number of nitrogens with zero attached hydrogens (tertiary/aromatic N) is 4. The molecule has 0 bridgehead atoms. The van der Waals surface area contributed by atoms with Crippen molar-refractivity contribution in [1.29, 1.82) is 0 Å². The lowest BCUT2D eigenvalue weighted by molar-refractivity contribution is -0.0389. The van der Waals surface area contributed by atoms with Crippen LogP contribution in [0.3, 0.4) is 0 Å². The minimum atomic E-state index is -2.72. The zero-order chi connectivity index (χ0) is 29.8. The van der Waals surface area contributed by atoms with E-state index < -0.39 is 14.2 Å². The number of hydrogen-bond donors (Lipinski definition) is 2. The van der Waals surface area contributed by atoms with Crippen molar-refractivity contribution in [3.8, 4) is 0 Å². The normalized spacial score (nSPS) is 12.9. The van der Waals surface area contributed by atoms with Crippen molar-refractivity contribution in [1.82, 2.24) is 25.7 Å². The summed E-state index contributed by atoms with van der Waals surface area (Å²) in [5, 5.41) is 0. The topological polar surface area (TPSA) is 149 Å². The molecule has 0 radical (unpaired) electrons. The number of unbranched alkanes of at least 4 members (excludes halogenated alkanes) is 13. The lowest BCUT2D eigenvalue weighted by Gasteiger charge is -2.15. The molecule has 0 saturated heterocycles. The maximum absolute atomic E-state index is 14.2. The Bertz CT molecular complexity index is 985. The van der Waals surface area contributed by atoms with E-state index in [2.05, 4.69) is 21.9 Å². The van der Waals surface area contributed by atoms with E-state index in [1.807, 2.05) is 6.92 Å². The predicted molar refractivity (Wildman–Crippen MR) is 164 cm³/mol. The SMILES string of the molecule is CCCCCCCCCCCCCCCCC(F)(F)CCCO[P+](=O)OCO[C@H](C)Cn1cnc2c(N)ncnc21.N. The molecule has 1 unspecified atom stereocenters. The van der Waals surface area contributed by atoms with E-state index in [4.69, 9.17) is 19.5 Å². The molecule has 0 aliphatic heterocycles. The first kappa shape index (κ1) is 38.2. The molecular formula is C29H54F2N6O4P+. The third kappa shape index (κ3) is 16.7. The van der Waals surface area contributed by atoms with Gasteiger partial charge in [-0.15, -0.1) is 4.52 Å². The van der Waals surface area contributed by atoms with Crippen LogP contribution in [0.5, 0.6) is 0 Å². The fraction of sp³-hybridized carbons (Fsp3) is 0.828. The highest BCUT2D eigenvalue weighted by Crippen LogP contribution is 2.29. The Hall–Kier alpha value is -1.85. The van der Waals surface area contributed by atoms with Gasteiger partial charge in [-0.1, -0.05) is 94.9 Å². The van der Waals surface area contributed by atoms with Crippen molar-refractivity contribution in [2.45, 2.75) is 142 Å². The lowest BCUT2D eigenvalue weighted by atomic mass is 10.0. The number of rotatable bonds is 26. The molecule has 0 saturated carbocycles. The largest absolute Gasteiger partial charge is 0.699 e. The first-order chi connectivity index (χ1) is 19.8. The average molecular weight is 620 g/mol. The van der Waals surface area contributed by atoms with Crippen LogP contribution in [-0.4, -0.2) is 44.9 Å². The van der Waals surface area contributed by atoms with Crippen molar-refractivity contribution in [2.24, 2.45) is 0 Å². The van der Waals surface area contributed by atoms with Crippen molar-refractivity contribution in [3.05, 3.63) is 12.7 Å². The van der Waals surface area contributed by atoms with E-state index in [9.17, 15) is 13.3 Å². The van der Waals surface area contributed by atoms with E-state index >= 15 is 0 Å². The van der Waals surface area contributed by atoms with Gasteiger partial charge in [-0.25, -0.2) is 23.7 Å². The van der Waals surface area contributed by atoms with Crippen LogP contribution in [0.25, 0.3) is 11.2 Å². The third-order valence-electron chi connectivity index (χ3n) is 7.17. The van der Waals surface area contributed by atoms with Gasteiger partial charge in [0.15, 0.2) is 11.5 Å². The molecule has 242 valence electrons. The molecule has 0 amide bonds. The van der Waals surface area contributed by atoms with Crippen LogP contribution >= 0.6 is 8.25 Å². The van der Waals surface area contributed by atoms with Crippen molar-refractivity contribution < 1.29 is 27.1 Å². The highest BCUT2D eigenvalue weighted by Gasteiger charge is 2.29. The Morgan fingerprint density at radius 3 is 2.07 bits per heavy atom. The Morgan fingerprint density at radius 1 is 0.881 bits per heavy atom. The van der Waals surface area contributed by atoms with Crippen LogP contribution in [0.4, 0.5) is 14.6 Å². The van der Waals surface area contributed by atoms with E-state index in [1.54, 1.807) is 10.9 Å². The minimum Gasteiger partial charge on any atom is -0.382 e. The summed E-state index contributed by atoms with van der Waals surface area (Å²) in [6.07, 6.45) is 19.1. The zero-order valence-electron chi connectivity index (χ0n) is 25.8. The van der Waals surface area contributed by atoms with E-state index in [0.29, 0.717) is 29.9 Å². The predicted octanol–water partition coefficient (Wildman–Crippen LogP) is 8.91. The van der Waals surface area contributed by atoms with Gasteiger partial charge in [0.1, 0.15) is 18.5 Å². The fourth-order valence-corrected chi connectivity index (χ4v) is 5.26. The first-order valence-electron chi connectivity index (χ1n) is 15.5. The molecule has 0 spiro atoms. The summed E-state index contributed by atoms with van der Waals surface area (Å²) >= 11 is 0. The molecule has 0 aromatic carbocycles. The highest BCUT2D eigenvalue weighted by atomic mass is 31.1. The molecule has 2 aromatic heterocycles. The lowest BCUT2D eigenvalue weighted by Crippen LogP contribution is -2.17. The Balaban J connectivity index is 0.00000882. The van der Waals surface area contributed by atoms with Gasteiger partial charge in [-0.05, 0) is 19.8 Å². The number of anilines is 1. The van der Waals surface area contributed by atoms with Gasteiger partial charge in [0.2, 0.25) is 12.7 Å². The molecule has 13 heteroatoms. The molecule has 0 aliphatic carbocycles. The van der Waals surface area contributed by atoms with Crippen LogP contribution in [0.2, 0.25) is 0 Å². The second-order valence-electron chi connectivity index (χ2n) is 10.9. The molecule has 2 heterocycles. The van der Waals surface area contributed by atoms with Crippen LogP contribution in [0, 0.1) is 0 Å². The minimum absolute atomic E-state index is 0.